The number of carboxylic acid groups (broad SMARTS) is 1. The standard InChI is InChI=1S/C38H42N2O8/c1-2-3-4-5-6-22-47-32-20-14-29(15-21-32)38(46)48-33-18-10-26(11-19-33)24-34(37(44)45)40-36(43)28-12-16-30(17-13-28)39-35(42)25-27-8-7-9-31(41)23-27/h7-21,23,34,36,40-41,43H,2-6,22,24-25H2,1H3,(H,39,42)(H,44,45). The Morgan fingerprint density at radius 2 is 1.48 bits per heavy atom. The van der Waals surface area contributed by atoms with E-state index in [9.17, 15) is 29.7 Å². The third-order valence-corrected chi connectivity index (χ3v) is 7.62. The second kappa shape index (κ2) is 18.2. The van der Waals surface area contributed by atoms with E-state index in [0.29, 0.717) is 46.0 Å². The molecule has 0 bridgehead atoms. The van der Waals surface area contributed by atoms with Gasteiger partial charge in [-0.15, -0.1) is 0 Å². The molecule has 2 unspecified atom stereocenters. The first kappa shape index (κ1) is 35.7. The molecule has 5 N–H and O–H groups in total. The average Bonchev–Trinajstić information content (AvgIpc) is 3.07. The van der Waals surface area contributed by atoms with Gasteiger partial charge in [0.1, 0.15) is 29.5 Å². The number of aliphatic hydroxyl groups is 1. The summed E-state index contributed by atoms with van der Waals surface area (Å²) in [4.78, 5) is 37.0. The summed E-state index contributed by atoms with van der Waals surface area (Å²) in [6, 6.07) is 25.0. The Morgan fingerprint density at radius 3 is 2.15 bits per heavy atom. The van der Waals surface area contributed by atoms with Crippen LogP contribution in [0.3, 0.4) is 0 Å². The van der Waals surface area contributed by atoms with Gasteiger partial charge in [0.15, 0.2) is 0 Å². The fraction of sp³-hybridized carbons (Fsp3) is 0.289. The lowest BCUT2D eigenvalue weighted by molar-refractivity contribution is -0.140. The molecule has 0 fully saturated rings. The number of rotatable bonds is 18. The van der Waals surface area contributed by atoms with Crippen LogP contribution in [0.5, 0.6) is 17.2 Å². The number of aromatic hydroxyl groups is 1. The van der Waals surface area contributed by atoms with Crippen molar-refractivity contribution >= 4 is 23.5 Å². The number of aliphatic carboxylic acids is 1. The van der Waals surface area contributed by atoms with E-state index < -0.39 is 24.2 Å². The van der Waals surface area contributed by atoms with Crippen LogP contribution in [0.15, 0.2) is 97.1 Å². The molecular weight excluding hydrogens is 612 g/mol. The second-order valence-electron chi connectivity index (χ2n) is 11.5. The van der Waals surface area contributed by atoms with Crippen LogP contribution < -0.4 is 20.1 Å². The maximum Gasteiger partial charge on any atom is 0.343 e. The third kappa shape index (κ3) is 11.6. The minimum absolute atomic E-state index is 0.0594. The number of carbonyl (C=O) groups excluding carboxylic acids is 2. The minimum atomic E-state index is -1.29. The van der Waals surface area contributed by atoms with Crippen molar-refractivity contribution in [3.05, 3.63) is 119 Å². The summed E-state index contributed by atoms with van der Waals surface area (Å²) in [5.41, 5.74) is 2.61. The van der Waals surface area contributed by atoms with Crippen LogP contribution in [-0.2, 0) is 22.4 Å². The number of amides is 1. The lowest BCUT2D eigenvalue weighted by atomic mass is 10.0. The molecule has 1 amide bonds. The average molecular weight is 655 g/mol. The van der Waals surface area contributed by atoms with Crippen molar-refractivity contribution < 1.29 is 39.2 Å². The molecule has 0 aliphatic heterocycles. The predicted molar refractivity (Wildman–Crippen MR) is 182 cm³/mol. The highest BCUT2D eigenvalue weighted by Crippen LogP contribution is 2.20. The van der Waals surface area contributed by atoms with Gasteiger partial charge >= 0.3 is 11.9 Å². The fourth-order valence-electron chi connectivity index (χ4n) is 4.99. The van der Waals surface area contributed by atoms with E-state index in [1.54, 1.807) is 84.9 Å². The Kier molecular flexibility index (Phi) is 13.5. The number of carboxylic acids is 1. The van der Waals surface area contributed by atoms with E-state index in [1.165, 1.54) is 31.4 Å². The molecule has 0 aliphatic rings. The van der Waals surface area contributed by atoms with Gasteiger partial charge in [0, 0.05) is 5.69 Å². The number of nitrogens with one attached hydrogen (secondary N) is 2. The predicted octanol–water partition coefficient (Wildman–Crippen LogP) is 6.42. The number of carbonyl (C=O) groups is 3. The van der Waals surface area contributed by atoms with Gasteiger partial charge in [0.05, 0.1) is 18.6 Å². The molecule has 0 aromatic heterocycles. The zero-order valence-electron chi connectivity index (χ0n) is 26.9. The Hall–Kier alpha value is -5.19. The molecule has 0 radical (unpaired) electrons. The van der Waals surface area contributed by atoms with Crippen molar-refractivity contribution in [2.45, 2.75) is 64.1 Å². The Labute approximate surface area is 280 Å². The van der Waals surface area contributed by atoms with Crippen molar-refractivity contribution in [2.75, 3.05) is 11.9 Å². The SMILES string of the molecule is CCCCCCCOc1ccc(C(=O)Oc2ccc(CC(NC(O)c3ccc(NC(=O)Cc4cccc(O)c4)cc3)C(=O)O)cc2)cc1. The molecular formula is C38H42N2O8. The zero-order valence-corrected chi connectivity index (χ0v) is 26.9. The van der Waals surface area contributed by atoms with Crippen LogP contribution in [-0.4, -0.2) is 45.8 Å². The number of hydrogen-bond acceptors (Lipinski definition) is 8. The van der Waals surface area contributed by atoms with Crippen LogP contribution in [0.25, 0.3) is 0 Å². The van der Waals surface area contributed by atoms with Crippen LogP contribution in [0, 0.1) is 0 Å². The minimum Gasteiger partial charge on any atom is -0.508 e. The normalized spacial score (nSPS) is 12.1. The van der Waals surface area contributed by atoms with Gasteiger partial charge in [0.25, 0.3) is 0 Å². The van der Waals surface area contributed by atoms with E-state index in [-0.39, 0.29) is 24.5 Å². The van der Waals surface area contributed by atoms with E-state index in [2.05, 4.69) is 17.6 Å². The monoisotopic (exact) mass is 654 g/mol. The number of aliphatic hydroxyl groups excluding tert-OH is 1. The fourth-order valence-corrected chi connectivity index (χ4v) is 4.99. The largest absolute Gasteiger partial charge is 0.508 e. The lowest BCUT2D eigenvalue weighted by Gasteiger charge is -2.20. The maximum absolute atomic E-state index is 12.6. The Morgan fingerprint density at radius 1 is 0.792 bits per heavy atom. The summed E-state index contributed by atoms with van der Waals surface area (Å²) in [6.45, 7) is 2.81. The van der Waals surface area contributed by atoms with Crippen molar-refractivity contribution in [2.24, 2.45) is 0 Å². The first-order valence-electron chi connectivity index (χ1n) is 16.1. The van der Waals surface area contributed by atoms with E-state index in [4.69, 9.17) is 9.47 Å². The number of hydrogen-bond donors (Lipinski definition) is 5. The maximum atomic E-state index is 12.6. The number of anilines is 1. The molecule has 4 rings (SSSR count). The molecule has 4 aromatic carbocycles. The lowest BCUT2D eigenvalue weighted by Crippen LogP contribution is -2.40. The molecule has 0 saturated carbocycles. The number of phenols is 1. The van der Waals surface area contributed by atoms with Gasteiger partial charge in [-0.05, 0) is 90.2 Å². The number of ether oxygens (including phenoxy) is 2. The molecule has 0 aliphatic carbocycles. The third-order valence-electron chi connectivity index (χ3n) is 7.62. The van der Waals surface area contributed by atoms with Crippen molar-refractivity contribution in [3.63, 3.8) is 0 Å². The highest BCUT2D eigenvalue weighted by molar-refractivity contribution is 5.92. The Balaban J connectivity index is 1.24. The zero-order chi connectivity index (χ0) is 34.3. The molecule has 10 heteroatoms. The summed E-state index contributed by atoms with van der Waals surface area (Å²) in [5.74, 6) is -0.864. The summed E-state index contributed by atoms with van der Waals surface area (Å²) in [6.07, 6.45) is 4.61. The van der Waals surface area contributed by atoms with Gasteiger partial charge < -0.3 is 30.1 Å². The Bertz CT molecular complexity index is 1620. The van der Waals surface area contributed by atoms with Gasteiger partial charge in [0.2, 0.25) is 5.91 Å². The summed E-state index contributed by atoms with van der Waals surface area (Å²) in [7, 11) is 0. The molecule has 10 nitrogen and oxygen atoms in total. The summed E-state index contributed by atoms with van der Waals surface area (Å²) < 4.78 is 11.2. The number of unbranched alkanes of at least 4 members (excludes halogenated alkanes) is 4. The van der Waals surface area contributed by atoms with Crippen LogP contribution in [0.2, 0.25) is 0 Å². The van der Waals surface area contributed by atoms with Crippen LogP contribution in [0.4, 0.5) is 5.69 Å². The molecule has 0 saturated heterocycles. The van der Waals surface area contributed by atoms with Crippen LogP contribution in [0.1, 0.15) is 72.3 Å². The summed E-state index contributed by atoms with van der Waals surface area (Å²) >= 11 is 0. The molecule has 48 heavy (non-hydrogen) atoms. The smallest absolute Gasteiger partial charge is 0.343 e. The van der Waals surface area contributed by atoms with E-state index in [1.807, 2.05) is 0 Å². The van der Waals surface area contributed by atoms with Gasteiger partial charge in [-0.1, -0.05) is 69.0 Å². The number of phenolic OH excluding ortho intramolecular Hbond substituents is 1. The van der Waals surface area contributed by atoms with Crippen LogP contribution >= 0.6 is 0 Å². The van der Waals surface area contributed by atoms with E-state index in [0.717, 1.165) is 12.8 Å². The topological polar surface area (TPSA) is 154 Å². The van der Waals surface area contributed by atoms with Gasteiger partial charge in [-0.3, -0.25) is 14.9 Å². The highest BCUT2D eigenvalue weighted by atomic mass is 16.5. The molecule has 0 heterocycles. The van der Waals surface area contributed by atoms with Crippen molar-refractivity contribution in [1.29, 1.82) is 0 Å². The van der Waals surface area contributed by atoms with Gasteiger partial charge in [-0.25, -0.2) is 4.79 Å². The molecule has 0 spiro atoms. The first-order valence-corrected chi connectivity index (χ1v) is 16.1. The summed E-state index contributed by atoms with van der Waals surface area (Å²) in [5, 5.41) is 35.6. The van der Waals surface area contributed by atoms with E-state index >= 15 is 0 Å². The van der Waals surface area contributed by atoms with Crippen molar-refractivity contribution in [1.82, 2.24) is 5.32 Å². The first-order chi connectivity index (χ1) is 23.2. The number of benzene rings is 4. The second-order valence-corrected chi connectivity index (χ2v) is 11.5. The number of esters is 1. The molecule has 4 aromatic rings. The highest BCUT2D eigenvalue weighted by Gasteiger charge is 2.22. The molecule has 2 atom stereocenters. The van der Waals surface area contributed by atoms with Gasteiger partial charge in [-0.2, -0.15) is 0 Å². The molecule has 252 valence electrons. The van der Waals surface area contributed by atoms with Crippen molar-refractivity contribution in [3.8, 4) is 17.2 Å². The quantitative estimate of drug-likeness (QED) is 0.0354.